The molecular formula is C20H23FN2O2S. The normalized spacial score (nSPS) is 25.5. The van der Waals surface area contributed by atoms with Crippen LogP contribution in [0.2, 0.25) is 0 Å². The van der Waals surface area contributed by atoms with Gasteiger partial charge in [0.05, 0.1) is 9.79 Å². The second-order valence-corrected chi connectivity index (χ2v) is 9.31. The monoisotopic (exact) mass is 374 g/mol. The van der Waals surface area contributed by atoms with Crippen molar-refractivity contribution in [1.29, 1.82) is 0 Å². The Kier molecular flexibility index (Phi) is 4.28. The molecule has 2 aliphatic heterocycles. The summed E-state index contributed by atoms with van der Waals surface area (Å²) in [6.45, 7) is 4.11. The molecule has 0 spiro atoms. The number of nitrogens with zero attached hydrogens (tertiary/aromatic N) is 1. The number of sulfone groups is 1. The van der Waals surface area contributed by atoms with Gasteiger partial charge in [-0.05, 0) is 67.4 Å². The van der Waals surface area contributed by atoms with Crippen LogP contribution in [-0.2, 0) is 9.84 Å². The second kappa shape index (κ2) is 6.35. The predicted octanol–water partition coefficient (Wildman–Crippen LogP) is 3.19. The molecule has 6 heteroatoms. The summed E-state index contributed by atoms with van der Waals surface area (Å²) in [4.78, 5) is 2.51. The molecule has 1 N–H and O–H groups in total. The highest BCUT2D eigenvalue weighted by Gasteiger charge is 2.41. The minimum atomic E-state index is -3.74. The summed E-state index contributed by atoms with van der Waals surface area (Å²) in [7, 11) is -1.65. The smallest absolute Gasteiger partial charge is 0.206 e. The zero-order chi connectivity index (χ0) is 18.5. The van der Waals surface area contributed by atoms with E-state index in [1.807, 2.05) is 6.07 Å². The standard InChI is InChI=1S/C20H23FN2O2S/c1-13-12-22-9-8-19-20(13)17-11-16(6-7-18(17)23(19)2)26(24,25)15-5-3-4-14(21)10-15/h3-7,10-11,13,19-20,22H,8-9,12H2,1-2H3/t13?,19-,20+/m1/s1. The first-order valence-electron chi connectivity index (χ1n) is 8.98. The van der Waals surface area contributed by atoms with Gasteiger partial charge in [0.15, 0.2) is 0 Å². The molecule has 2 aromatic rings. The van der Waals surface area contributed by atoms with E-state index in [0.29, 0.717) is 17.9 Å². The van der Waals surface area contributed by atoms with E-state index in [4.69, 9.17) is 0 Å². The van der Waals surface area contributed by atoms with Gasteiger partial charge in [-0.15, -0.1) is 0 Å². The third-order valence-electron chi connectivity index (χ3n) is 5.76. The molecule has 3 atom stereocenters. The Morgan fingerprint density at radius 1 is 1.15 bits per heavy atom. The van der Waals surface area contributed by atoms with Gasteiger partial charge in [0.1, 0.15) is 5.82 Å². The van der Waals surface area contributed by atoms with Crippen LogP contribution in [0.25, 0.3) is 0 Å². The highest BCUT2D eigenvalue weighted by atomic mass is 32.2. The Labute approximate surface area is 153 Å². The Balaban J connectivity index is 1.81. The molecule has 2 heterocycles. The zero-order valence-electron chi connectivity index (χ0n) is 14.9. The van der Waals surface area contributed by atoms with E-state index >= 15 is 0 Å². The number of fused-ring (bicyclic) bond motifs is 3. The van der Waals surface area contributed by atoms with Crippen LogP contribution in [-0.4, -0.2) is 34.6 Å². The van der Waals surface area contributed by atoms with Crippen molar-refractivity contribution in [2.45, 2.75) is 35.1 Å². The molecule has 4 rings (SSSR count). The van der Waals surface area contributed by atoms with Crippen LogP contribution in [0.4, 0.5) is 10.1 Å². The Bertz CT molecular complexity index is 945. The molecule has 0 aliphatic carbocycles. The maximum Gasteiger partial charge on any atom is 0.206 e. The Morgan fingerprint density at radius 3 is 2.69 bits per heavy atom. The molecular weight excluding hydrogens is 351 g/mol. The van der Waals surface area contributed by atoms with Gasteiger partial charge < -0.3 is 10.2 Å². The summed E-state index contributed by atoms with van der Waals surface area (Å²) >= 11 is 0. The largest absolute Gasteiger partial charge is 0.371 e. The number of anilines is 1. The van der Waals surface area contributed by atoms with Crippen molar-refractivity contribution in [3.8, 4) is 0 Å². The number of hydrogen-bond donors (Lipinski definition) is 1. The average Bonchev–Trinajstić information content (AvgIpc) is 2.76. The molecule has 0 bridgehead atoms. The average molecular weight is 374 g/mol. The number of hydrogen-bond acceptors (Lipinski definition) is 4. The van der Waals surface area contributed by atoms with Gasteiger partial charge in [0.25, 0.3) is 0 Å². The quantitative estimate of drug-likeness (QED) is 0.877. The summed E-state index contributed by atoms with van der Waals surface area (Å²) in [6.07, 6.45) is 1.03. The molecule has 4 nitrogen and oxygen atoms in total. The molecule has 0 amide bonds. The first-order valence-corrected chi connectivity index (χ1v) is 10.5. The summed E-state index contributed by atoms with van der Waals surface area (Å²) in [5.41, 5.74) is 2.19. The molecule has 0 aromatic heterocycles. The molecule has 1 fully saturated rings. The lowest BCUT2D eigenvalue weighted by molar-refractivity contribution is 0.424. The van der Waals surface area contributed by atoms with E-state index in [1.165, 1.54) is 18.2 Å². The highest BCUT2D eigenvalue weighted by molar-refractivity contribution is 7.91. The van der Waals surface area contributed by atoms with E-state index < -0.39 is 15.7 Å². The fraction of sp³-hybridized carbons (Fsp3) is 0.400. The minimum Gasteiger partial charge on any atom is -0.371 e. The number of likely N-dealkylation sites (N-methyl/N-ethyl adjacent to an activating group) is 1. The van der Waals surface area contributed by atoms with Gasteiger partial charge in [-0.25, -0.2) is 12.8 Å². The zero-order valence-corrected chi connectivity index (χ0v) is 15.8. The van der Waals surface area contributed by atoms with Crippen molar-refractivity contribution in [1.82, 2.24) is 5.32 Å². The topological polar surface area (TPSA) is 49.4 Å². The molecule has 2 aliphatic rings. The van der Waals surface area contributed by atoms with Crippen molar-refractivity contribution in [2.24, 2.45) is 5.92 Å². The Hall–Kier alpha value is -1.92. The van der Waals surface area contributed by atoms with Crippen LogP contribution in [0.5, 0.6) is 0 Å². The van der Waals surface area contributed by atoms with Crippen LogP contribution in [0.15, 0.2) is 52.3 Å². The van der Waals surface area contributed by atoms with Crippen LogP contribution in [0.3, 0.4) is 0 Å². The van der Waals surface area contributed by atoms with Crippen LogP contribution in [0, 0.1) is 11.7 Å². The van der Waals surface area contributed by atoms with Crippen molar-refractivity contribution in [3.63, 3.8) is 0 Å². The molecule has 1 saturated heterocycles. The van der Waals surface area contributed by atoms with Gasteiger partial charge in [-0.2, -0.15) is 0 Å². The molecule has 0 radical (unpaired) electrons. The maximum atomic E-state index is 13.5. The molecule has 138 valence electrons. The number of benzene rings is 2. The number of halogens is 1. The minimum absolute atomic E-state index is 0.00377. The fourth-order valence-corrected chi connectivity index (χ4v) is 5.78. The maximum absolute atomic E-state index is 13.5. The predicted molar refractivity (Wildman–Crippen MR) is 99.9 cm³/mol. The van der Waals surface area contributed by atoms with E-state index in [-0.39, 0.29) is 9.79 Å². The summed E-state index contributed by atoms with van der Waals surface area (Å²) in [5.74, 6) is 0.168. The first kappa shape index (κ1) is 17.5. The van der Waals surface area contributed by atoms with Crippen LogP contribution >= 0.6 is 0 Å². The van der Waals surface area contributed by atoms with Gasteiger partial charge in [0.2, 0.25) is 9.84 Å². The summed E-state index contributed by atoms with van der Waals surface area (Å²) < 4.78 is 39.5. The van der Waals surface area contributed by atoms with Crippen LogP contribution in [0.1, 0.15) is 24.8 Å². The molecule has 26 heavy (non-hydrogen) atoms. The van der Waals surface area contributed by atoms with E-state index in [0.717, 1.165) is 36.8 Å². The van der Waals surface area contributed by atoms with E-state index in [1.54, 1.807) is 12.1 Å². The van der Waals surface area contributed by atoms with Gasteiger partial charge in [-0.3, -0.25) is 0 Å². The summed E-state index contributed by atoms with van der Waals surface area (Å²) in [6, 6.07) is 10.9. The number of nitrogens with one attached hydrogen (secondary N) is 1. The van der Waals surface area contributed by atoms with Crippen molar-refractivity contribution < 1.29 is 12.8 Å². The van der Waals surface area contributed by atoms with E-state index in [9.17, 15) is 12.8 Å². The second-order valence-electron chi connectivity index (χ2n) is 7.36. The lowest BCUT2D eigenvalue weighted by atomic mass is 9.84. The Morgan fingerprint density at radius 2 is 1.92 bits per heavy atom. The van der Waals surface area contributed by atoms with Gasteiger partial charge >= 0.3 is 0 Å². The summed E-state index contributed by atoms with van der Waals surface area (Å²) in [5, 5.41) is 3.47. The van der Waals surface area contributed by atoms with Gasteiger partial charge in [-0.1, -0.05) is 13.0 Å². The molecule has 1 unspecified atom stereocenters. The fourth-order valence-electron chi connectivity index (χ4n) is 4.45. The molecule has 0 saturated carbocycles. The first-order chi connectivity index (χ1) is 12.4. The SMILES string of the molecule is CC1CNCC[C@@H]2[C@@H]1c1cc(S(=O)(=O)c3cccc(F)c3)ccc1N2C. The number of rotatable bonds is 2. The highest BCUT2D eigenvalue weighted by Crippen LogP contribution is 2.46. The third-order valence-corrected chi connectivity index (χ3v) is 7.51. The third kappa shape index (κ3) is 2.72. The molecule has 2 aromatic carbocycles. The van der Waals surface area contributed by atoms with Crippen LogP contribution < -0.4 is 10.2 Å². The van der Waals surface area contributed by atoms with E-state index in [2.05, 4.69) is 24.2 Å². The lowest BCUT2D eigenvalue weighted by Crippen LogP contribution is -2.32. The van der Waals surface area contributed by atoms with Crippen molar-refractivity contribution in [2.75, 3.05) is 25.0 Å². The van der Waals surface area contributed by atoms with Crippen molar-refractivity contribution >= 4 is 15.5 Å². The van der Waals surface area contributed by atoms with Gasteiger partial charge in [0, 0.05) is 24.7 Å². The lowest BCUT2D eigenvalue weighted by Gasteiger charge is -2.27. The van der Waals surface area contributed by atoms with Crippen molar-refractivity contribution in [3.05, 3.63) is 53.8 Å².